The first-order valence-corrected chi connectivity index (χ1v) is 12.0. The number of nitrogens with two attached hydrogens (primary N) is 1. The zero-order valence-corrected chi connectivity index (χ0v) is 20.2. The molecule has 2 N–H and O–H groups in total. The van der Waals surface area contributed by atoms with Gasteiger partial charge in [-0.2, -0.15) is 5.10 Å². The number of benzene rings is 1. The van der Waals surface area contributed by atoms with Crippen LogP contribution < -0.4 is 10.5 Å². The normalized spacial score (nSPS) is 20.4. The Balaban J connectivity index is 1.37. The highest BCUT2D eigenvalue weighted by molar-refractivity contribution is 6.04. The molecule has 2 aromatic heterocycles. The van der Waals surface area contributed by atoms with Crippen LogP contribution in [0.25, 0.3) is 10.9 Å². The maximum Gasteiger partial charge on any atom is 0.573 e. The zero-order chi connectivity index (χ0) is 27.4. The van der Waals surface area contributed by atoms with E-state index in [2.05, 4.69) is 14.8 Å². The second-order valence-electron chi connectivity index (χ2n) is 9.45. The van der Waals surface area contributed by atoms with Gasteiger partial charge in [-0.1, -0.05) is 19.1 Å². The molecule has 2 aliphatic rings. The van der Waals surface area contributed by atoms with Gasteiger partial charge in [0.15, 0.2) is 23.0 Å². The SMILES string of the molecule is CCc1cc2c(C(N)=O)nn(CC(=O)N3[C@@H]4C[C@@H]4C[C@H]3C(=O)Cc3cccc(OC(F)(F)F)c3F)c2cn1. The van der Waals surface area contributed by atoms with Crippen molar-refractivity contribution in [1.29, 1.82) is 0 Å². The molecule has 38 heavy (non-hydrogen) atoms. The highest BCUT2D eigenvalue weighted by Crippen LogP contribution is 2.48. The molecule has 0 unspecified atom stereocenters. The minimum atomic E-state index is -5.09. The Kier molecular flexibility index (Phi) is 6.32. The molecule has 0 spiro atoms. The minimum Gasteiger partial charge on any atom is -0.403 e. The Labute approximate surface area is 213 Å². The van der Waals surface area contributed by atoms with E-state index >= 15 is 0 Å². The second kappa shape index (κ2) is 9.37. The van der Waals surface area contributed by atoms with Crippen molar-refractivity contribution in [1.82, 2.24) is 19.7 Å². The number of halogens is 4. The lowest BCUT2D eigenvalue weighted by Crippen LogP contribution is -2.45. The van der Waals surface area contributed by atoms with E-state index in [-0.39, 0.29) is 29.8 Å². The van der Waals surface area contributed by atoms with Crippen molar-refractivity contribution in [2.75, 3.05) is 0 Å². The number of hydrogen-bond acceptors (Lipinski definition) is 6. The lowest BCUT2D eigenvalue weighted by Gasteiger charge is -2.27. The number of alkyl halides is 3. The number of pyridine rings is 1. The van der Waals surface area contributed by atoms with E-state index in [1.54, 1.807) is 6.07 Å². The molecule has 0 radical (unpaired) electrons. The number of nitrogens with zero attached hydrogens (tertiary/aromatic N) is 4. The quantitative estimate of drug-likeness (QED) is 0.445. The lowest BCUT2D eigenvalue weighted by atomic mass is 9.99. The van der Waals surface area contributed by atoms with Crippen molar-refractivity contribution in [2.45, 2.75) is 57.6 Å². The zero-order valence-electron chi connectivity index (χ0n) is 20.2. The van der Waals surface area contributed by atoms with Crippen LogP contribution in [-0.2, 0) is 29.0 Å². The van der Waals surface area contributed by atoms with Gasteiger partial charge in [-0.05, 0) is 42.9 Å². The number of hydrogen-bond donors (Lipinski definition) is 1. The van der Waals surface area contributed by atoms with Crippen molar-refractivity contribution >= 4 is 28.5 Å². The number of fused-ring (bicyclic) bond motifs is 2. The van der Waals surface area contributed by atoms with E-state index in [1.807, 2.05) is 6.92 Å². The van der Waals surface area contributed by atoms with E-state index in [0.29, 0.717) is 35.9 Å². The van der Waals surface area contributed by atoms with Crippen LogP contribution in [-0.4, -0.2) is 55.7 Å². The fourth-order valence-electron chi connectivity index (χ4n) is 5.13. The Hall–Kier alpha value is -4.03. The molecule has 9 nitrogen and oxygen atoms in total. The second-order valence-corrected chi connectivity index (χ2v) is 9.45. The highest BCUT2D eigenvalue weighted by Gasteiger charge is 2.55. The number of carbonyl (C=O) groups is 3. The smallest absolute Gasteiger partial charge is 0.403 e. The van der Waals surface area contributed by atoms with Crippen molar-refractivity contribution in [3.63, 3.8) is 0 Å². The number of aromatic nitrogens is 3. The number of rotatable bonds is 8. The van der Waals surface area contributed by atoms with Gasteiger partial charge in [0.25, 0.3) is 5.91 Å². The summed E-state index contributed by atoms with van der Waals surface area (Å²) in [5.41, 5.74) is 6.37. The van der Waals surface area contributed by atoms with Gasteiger partial charge < -0.3 is 15.4 Å². The van der Waals surface area contributed by atoms with Gasteiger partial charge in [-0.3, -0.25) is 24.0 Å². The number of amides is 2. The molecular weight excluding hydrogens is 510 g/mol. The van der Waals surface area contributed by atoms with Crippen LogP contribution in [0, 0.1) is 11.7 Å². The summed E-state index contributed by atoms with van der Waals surface area (Å²) in [6, 6.07) is 3.86. The molecule has 1 aliphatic carbocycles. The van der Waals surface area contributed by atoms with Crippen molar-refractivity contribution in [2.24, 2.45) is 11.7 Å². The molecule has 2 fully saturated rings. The number of ketones is 1. The van der Waals surface area contributed by atoms with Crippen molar-refractivity contribution in [3.05, 3.63) is 53.2 Å². The van der Waals surface area contributed by atoms with Crippen LogP contribution in [0.4, 0.5) is 17.6 Å². The number of carbonyl (C=O) groups excluding carboxylic acids is 3. The topological polar surface area (TPSA) is 120 Å². The summed E-state index contributed by atoms with van der Waals surface area (Å²) in [6.07, 6.45) is -2.37. The molecule has 5 rings (SSSR count). The first kappa shape index (κ1) is 25.6. The maximum atomic E-state index is 14.6. The van der Waals surface area contributed by atoms with E-state index in [0.717, 1.165) is 6.07 Å². The van der Waals surface area contributed by atoms with Gasteiger partial charge >= 0.3 is 6.36 Å². The summed E-state index contributed by atoms with van der Waals surface area (Å²) >= 11 is 0. The first-order valence-electron chi connectivity index (χ1n) is 12.0. The molecule has 3 atom stereocenters. The van der Waals surface area contributed by atoms with Gasteiger partial charge in [0.1, 0.15) is 6.54 Å². The van der Waals surface area contributed by atoms with Crippen LogP contribution in [0.15, 0.2) is 30.5 Å². The monoisotopic (exact) mass is 533 g/mol. The Morgan fingerprint density at radius 3 is 2.66 bits per heavy atom. The molecule has 0 bridgehead atoms. The lowest BCUT2D eigenvalue weighted by molar-refractivity contribution is -0.275. The van der Waals surface area contributed by atoms with Gasteiger partial charge in [0, 0.05) is 23.5 Å². The fraction of sp³-hybridized carbons (Fsp3) is 0.400. The molecule has 1 aliphatic heterocycles. The third-order valence-corrected chi connectivity index (χ3v) is 6.97. The van der Waals surface area contributed by atoms with Crippen LogP contribution in [0.3, 0.4) is 0 Å². The van der Waals surface area contributed by atoms with Crippen LogP contribution in [0.5, 0.6) is 5.75 Å². The summed E-state index contributed by atoms with van der Waals surface area (Å²) in [6.45, 7) is 1.61. The minimum absolute atomic E-state index is 0.000297. The van der Waals surface area contributed by atoms with E-state index < -0.39 is 48.0 Å². The summed E-state index contributed by atoms with van der Waals surface area (Å²) in [5.74, 6) is -3.87. The van der Waals surface area contributed by atoms with Crippen LogP contribution in [0.2, 0.25) is 0 Å². The number of Topliss-reactive ketones (excluding diaryl/α,β-unsaturated/α-hetero) is 1. The highest BCUT2D eigenvalue weighted by atomic mass is 19.4. The van der Waals surface area contributed by atoms with Gasteiger partial charge in [-0.15, -0.1) is 13.2 Å². The first-order chi connectivity index (χ1) is 18.0. The Morgan fingerprint density at radius 2 is 1.97 bits per heavy atom. The Morgan fingerprint density at radius 1 is 1.21 bits per heavy atom. The summed E-state index contributed by atoms with van der Waals surface area (Å²) in [4.78, 5) is 44.3. The van der Waals surface area contributed by atoms with Gasteiger partial charge in [-0.25, -0.2) is 4.39 Å². The number of aryl methyl sites for hydroxylation is 1. The number of ether oxygens (including phenoxy) is 1. The Bertz CT molecular complexity index is 1450. The average Bonchev–Trinajstić information content (AvgIpc) is 3.36. The third kappa shape index (κ3) is 4.79. The molecule has 3 aromatic rings. The maximum absolute atomic E-state index is 14.6. The fourth-order valence-corrected chi connectivity index (χ4v) is 5.13. The predicted octanol–water partition coefficient (Wildman–Crippen LogP) is 2.93. The molecule has 3 heterocycles. The predicted molar refractivity (Wildman–Crippen MR) is 124 cm³/mol. The number of primary amides is 1. The standard InChI is InChI=1S/C25H23F4N5O4/c1-2-14-9-15-18(10-31-14)33(32-23(15)24(30)37)11-21(36)34-16-6-13(16)7-17(34)19(35)8-12-4-3-5-20(22(12)26)38-25(27,28)29/h3-5,9-10,13,16-17H,2,6-8,11H2,1H3,(H2,30,37)/t13-,16-,17+/m1/s1. The van der Waals surface area contributed by atoms with Crippen LogP contribution >= 0.6 is 0 Å². The van der Waals surface area contributed by atoms with E-state index in [9.17, 15) is 31.9 Å². The van der Waals surface area contributed by atoms with E-state index in [4.69, 9.17) is 5.73 Å². The average molecular weight is 533 g/mol. The molecular formula is C25H23F4N5O4. The van der Waals surface area contributed by atoms with E-state index in [1.165, 1.54) is 27.9 Å². The largest absolute Gasteiger partial charge is 0.573 e. The van der Waals surface area contributed by atoms with Gasteiger partial charge in [0.2, 0.25) is 5.91 Å². The summed E-state index contributed by atoms with van der Waals surface area (Å²) in [5, 5.41) is 4.68. The summed E-state index contributed by atoms with van der Waals surface area (Å²) < 4.78 is 57.4. The number of likely N-dealkylation sites (tertiary alicyclic amines) is 1. The van der Waals surface area contributed by atoms with Gasteiger partial charge in [0.05, 0.1) is 17.8 Å². The molecule has 1 saturated carbocycles. The van der Waals surface area contributed by atoms with Crippen molar-refractivity contribution in [3.8, 4) is 5.75 Å². The molecule has 1 saturated heterocycles. The summed E-state index contributed by atoms with van der Waals surface area (Å²) in [7, 11) is 0. The molecule has 2 amide bonds. The number of piperidine rings is 1. The van der Waals surface area contributed by atoms with Crippen molar-refractivity contribution < 1.29 is 36.7 Å². The molecule has 200 valence electrons. The third-order valence-electron chi connectivity index (χ3n) is 6.97. The molecule has 1 aromatic carbocycles. The van der Waals surface area contributed by atoms with Crippen LogP contribution in [0.1, 0.15) is 41.5 Å². The molecule has 13 heteroatoms.